The normalized spacial score (nSPS) is 15.5. The summed E-state index contributed by atoms with van der Waals surface area (Å²) in [6.07, 6.45) is 3.20. The van der Waals surface area contributed by atoms with Crippen LogP contribution in [0.3, 0.4) is 0 Å². The molecule has 66 valence electrons. The van der Waals surface area contributed by atoms with Gasteiger partial charge in [-0.15, -0.1) is 0 Å². The van der Waals surface area contributed by atoms with Crippen molar-refractivity contribution >= 4 is 17.7 Å². The van der Waals surface area contributed by atoms with Gasteiger partial charge >= 0.3 is 11.9 Å². The van der Waals surface area contributed by atoms with Crippen molar-refractivity contribution in [3.8, 4) is 0 Å². The van der Waals surface area contributed by atoms with E-state index in [2.05, 4.69) is 0 Å². The first kappa shape index (κ1) is 9.05. The Morgan fingerprint density at radius 2 is 1.85 bits per heavy atom. The van der Waals surface area contributed by atoms with E-state index in [0.717, 1.165) is 18.6 Å². The maximum absolute atomic E-state index is 10.5. The van der Waals surface area contributed by atoms with Gasteiger partial charge in [-0.1, -0.05) is 0 Å². The first-order valence-corrected chi connectivity index (χ1v) is 3.34. The fraction of sp³-hybridized carbons (Fsp3) is 0. The van der Waals surface area contributed by atoms with Gasteiger partial charge in [0.05, 0.1) is 18.6 Å². The second-order valence-corrected chi connectivity index (χ2v) is 2.41. The zero-order valence-electron chi connectivity index (χ0n) is 6.44. The molecule has 0 saturated heterocycles. The smallest absolute Gasteiger partial charge is 0.420 e. The molecule has 0 aromatic carbocycles. The van der Waals surface area contributed by atoms with E-state index < -0.39 is 11.9 Å². The fourth-order valence-corrected chi connectivity index (χ4v) is 0.875. The molecule has 0 radical (unpaired) electrons. The minimum absolute atomic E-state index is 0.127. The molecule has 0 aromatic heterocycles. The molecule has 0 amide bonds. The topological polar surface area (TPSA) is 98.5 Å². The molecule has 0 atom stereocenters. The highest BCUT2D eigenvalue weighted by Gasteiger charge is 2.26. The van der Waals surface area contributed by atoms with Gasteiger partial charge in [-0.2, -0.15) is 4.79 Å². The summed E-state index contributed by atoms with van der Waals surface area (Å²) in [5.41, 5.74) is -0.507. The van der Waals surface area contributed by atoms with Crippen LogP contribution >= 0.6 is 0 Å². The Morgan fingerprint density at radius 1 is 1.23 bits per heavy atom. The van der Waals surface area contributed by atoms with E-state index in [1.807, 2.05) is 0 Å². The molecular weight excluding hydrogens is 174 g/mol. The fourth-order valence-electron chi connectivity index (χ4n) is 0.875. The van der Waals surface area contributed by atoms with Crippen LogP contribution in [0, 0.1) is 11.8 Å². The van der Waals surface area contributed by atoms with Gasteiger partial charge in [0.15, 0.2) is 5.57 Å². The summed E-state index contributed by atoms with van der Waals surface area (Å²) in [5, 5.41) is 24.2. The van der Waals surface area contributed by atoms with Crippen LogP contribution in [0.15, 0.2) is 23.3 Å². The number of hydrogen-bond donors (Lipinski definition) is 3. The predicted octanol–water partition coefficient (Wildman–Crippen LogP) is 0.246. The number of hydrogen-bond acceptors (Lipinski definition) is 3. The van der Waals surface area contributed by atoms with E-state index in [-0.39, 0.29) is 16.9 Å². The lowest BCUT2D eigenvalue weighted by molar-refractivity contribution is -0.132. The SMILES string of the molecule is N=C1C=C(C(=O)O)C=C(C(=O)O)[CH+]1. The van der Waals surface area contributed by atoms with Crippen LogP contribution in [0.5, 0.6) is 0 Å². The molecule has 13 heavy (non-hydrogen) atoms. The molecule has 0 unspecified atom stereocenters. The van der Waals surface area contributed by atoms with Crippen molar-refractivity contribution in [3.05, 3.63) is 29.7 Å². The van der Waals surface area contributed by atoms with Gasteiger partial charge in [-0.25, -0.2) is 4.79 Å². The van der Waals surface area contributed by atoms with Crippen molar-refractivity contribution in [2.24, 2.45) is 0 Å². The highest BCUT2D eigenvalue weighted by molar-refractivity contribution is 6.15. The molecule has 3 N–H and O–H groups in total. The second-order valence-electron chi connectivity index (χ2n) is 2.41. The number of allylic oxidation sites excluding steroid dienone is 1. The molecule has 5 heteroatoms. The lowest BCUT2D eigenvalue weighted by Gasteiger charge is -1.99. The molecule has 0 fully saturated rings. The van der Waals surface area contributed by atoms with Gasteiger partial charge in [0, 0.05) is 0 Å². The summed E-state index contributed by atoms with van der Waals surface area (Å²) in [5.74, 6) is -2.48. The molecule has 0 aromatic rings. The van der Waals surface area contributed by atoms with Crippen LogP contribution in [0.2, 0.25) is 0 Å². The van der Waals surface area contributed by atoms with E-state index in [9.17, 15) is 9.59 Å². The predicted molar refractivity (Wildman–Crippen MR) is 43.5 cm³/mol. The highest BCUT2D eigenvalue weighted by Crippen LogP contribution is 2.14. The Bertz CT molecular complexity index is 351. The van der Waals surface area contributed by atoms with Crippen LogP contribution in [-0.2, 0) is 9.59 Å². The van der Waals surface area contributed by atoms with Gasteiger partial charge in [-0.3, -0.25) is 5.41 Å². The standard InChI is InChI=1S/C8H5NO4/c9-6-2-4(7(10)11)1-5(3-6)8(12)13/h1-3,9H,(H-,10,11,12,13)/p+1. The highest BCUT2D eigenvalue weighted by atomic mass is 16.4. The van der Waals surface area contributed by atoms with Crippen molar-refractivity contribution in [3.63, 3.8) is 0 Å². The van der Waals surface area contributed by atoms with Crippen molar-refractivity contribution < 1.29 is 19.8 Å². The third kappa shape index (κ3) is 1.96. The lowest BCUT2D eigenvalue weighted by atomic mass is 9.98. The minimum atomic E-state index is -1.24. The van der Waals surface area contributed by atoms with Crippen molar-refractivity contribution in [1.82, 2.24) is 0 Å². The summed E-state index contributed by atoms with van der Waals surface area (Å²) in [6.45, 7) is 0. The summed E-state index contributed by atoms with van der Waals surface area (Å²) < 4.78 is 0. The van der Waals surface area contributed by atoms with E-state index in [4.69, 9.17) is 15.6 Å². The molecule has 0 saturated carbocycles. The molecule has 1 rings (SSSR count). The number of nitrogens with one attached hydrogen (secondary N) is 1. The van der Waals surface area contributed by atoms with Gasteiger partial charge in [0.1, 0.15) is 11.3 Å². The van der Waals surface area contributed by atoms with Crippen molar-refractivity contribution in [1.29, 1.82) is 5.41 Å². The monoisotopic (exact) mass is 180 g/mol. The number of carbonyl (C=O) groups is 2. The van der Waals surface area contributed by atoms with Gasteiger partial charge in [0.2, 0.25) is 0 Å². The van der Waals surface area contributed by atoms with E-state index in [1.165, 1.54) is 0 Å². The van der Waals surface area contributed by atoms with Gasteiger partial charge in [0.25, 0.3) is 0 Å². The van der Waals surface area contributed by atoms with Crippen LogP contribution in [0.1, 0.15) is 0 Å². The van der Waals surface area contributed by atoms with E-state index in [0.29, 0.717) is 0 Å². The van der Waals surface area contributed by atoms with E-state index in [1.54, 1.807) is 0 Å². The summed E-state index contributed by atoms with van der Waals surface area (Å²) >= 11 is 0. The lowest BCUT2D eigenvalue weighted by Crippen LogP contribution is -2.14. The number of carboxylic acids is 2. The first-order valence-electron chi connectivity index (χ1n) is 3.34. The van der Waals surface area contributed by atoms with Crippen LogP contribution in [0.4, 0.5) is 0 Å². The average molecular weight is 180 g/mol. The molecule has 0 heterocycles. The maximum atomic E-state index is 10.5. The number of rotatable bonds is 2. The van der Waals surface area contributed by atoms with Crippen molar-refractivity contribution in [2.45, 2.75) is 0 Å². The van der Waals surface area contributed by atoms with Crippen LogP contribution < -0.4 is 0 Å². The zero-order valence-corrected chi connectivity index (χ0v) is 6.44. The second kappa shape index (κ2) is 3.14. The third-order valence-electron chi connectivity index (χ3n) is 1.43. The molecule has 0 bridgehead atoms. The van der Waals surface area contributed by atoms with Crippen molar-refractivity contribution in [2.75, 3.05) is 0 Å². The Morgan fingerprint density at radius 3 is 2.31 bits per heavy atom. The zero-order chi connectivity index (χ0) is 10.0. The number of aliphatic carboxylic acids is 2. The van der Waals surface area contributed by atoms with E-state index >= 15 is 0 Å². The Balaban J connectivity index is 3.05. The third-order valence-corrected chi connectivity index (χ3v) is 1.43. The Kier molecular flexibility index (Phi) is 2.19. The Labute approximate surface area is 73.5 Å². The van der Waals surface area contributed by atoms with Gasteiger partial charge < -0.3 is 10.2 Å². The molecular formula is C8H6NO4+. The molecule has 5 nitrogen and oxygen atoms in total. The minimum Gasteiger partial charge on any atom is -0.476 e. The van der Waals surface area contributed by atoms with Crippen LogP contribution in [-0.4, -0.2) is 27.9 Å². The molecule has 0 aliphatic heterocycles. The maximum Gasteiger partial charge on any atom is 0.420 e. The Hall–Kier alpha value is -2.04. The summed E-state index contributed by atoms with van der Waals surface area (Å²) in [6, 6.07) is 0. The summed E-state index contributed by atoms with van der Waals surface area (Å²) in [4.78, 5) is 20.9. The first-order chi connectivity index (χ1) is 6.00. The molecule has 1 aliphatic carbocycles. The van der Waals surface area contributed by atoms with Gasteiger partial charge in [-0.05, 0) is 0 Å². The average Bonchev–Trinajstić information content (AvgIpc) is 2.03. The largest absolute Gasteiger partial charge is 0.476 e. The van der Waals surface area contributed by atoms with Crippen LogP contribution in [0.25, 0.3) is 0 Å². The summed E-state index contributed by atoms with van der Waals surface area (Å²) in [7, 11) is 0. The molecule has 1 aliphatic rings. The number of carboxylic acid groups (broad SMARTS) is 2. The molecule has 0 spiro atoms. The quantitative estimate of drug-likeness (QED) is 0.530.